The smallest absolute Gasteiger partial charge is 0.159 e. The van der Waals surface area contributed by atoms with E-state index in [9.17, 15) is 0 Å². The Balaban J connectivity index is 1.38. The number of anilines is 3. The predicted octanol–water partition coefficient (Wildman–Crippen LogP) is 9.58. The van der Waals surface area contributed by atoms with Gasteiger partial charge in [0.05, 0.1) is 11.4 Å². The molecule has 1 N–H and O–H groups in total. The first-order chi connectivity index (χ1) is 20.3. The molecule has 9 rings (SSSR count). The molecule has 5 heteroatoms. The van der Waals surface area contributed by atoms with Crippen molar-refractivity contribution in [3.05, 3.63) is 127 Å². The molecular formula is C36H23N3O2. The third kappa shape index (κ3) is 3.26. The highest BCUT2D eigenvalue weighted by Crippen LogP contribution is 2.46. The standard InChI is InChI=1S/C36H23N3O2/c1-2-6-25-22(5-1)11-12-23-13-14-24(19-28(23)25)39(31-9-3-7-26-29-20-37-17-15-33(29)40-35(26)31)32-10-4-8-27-30-21-38-18-16-34(30)41-36(27)32/h1-20,38H,21H2. The molecule has 0 saturated heterocycles. The fraction of sp³-hybridized carbons (Fsp3) is 0.0278. The van der Waals surface area contributed by atoms with Crippen molar-refractivity contribution >= 4 is 77.6 Å². The molecule has 1 aliphatic rings. The van der Waals surface area contributed by atoms with E-state index in [1.165, 1.54) is 27.1 Å². The van der Waals surface area contributed by atoms with Crippen LogP contribution in [0.15, 0.2) is 124 Å². The van der Waals surface area contributed by atoms with Gasteiger partial charge >= 0.3 is 0 Å². The number of nitrogens with zero attached hydrogens (tertiary/aromatic N) is 2. The highest BCUT2D eigenvalue weighted by Gasteiger charge is 2.25. The number of aromatic nitrogens is 1. The van der Waals surface area contributed by atoms with Crippen molar-refractivity contribution in [3.63, 3.8) is 0 Å². The molecule has 0 fully saturated rings. The molecule has 194 valence electrons. The number of hydrogen-bond donors (Lipinski definition) is 1. The number of furan rings is 2. The molecule has 41 heavy (non-hydrogen) atoms. The van der Waals surface area contributed by atoms with Crippen LogP contribution in [0.3, 0.4) is 0 Å². The van der Waals surface area contributed by atoms with Crippen LogP contribution in [0.2, 0.25) is 0 Å². The average molecular weight is 530 g/mol. The van der Waals surface area contributed by atoms with Gasteiger partial charge in [-0.1, -0.05) is 66.7 Å². The van der Waals surface area contributed by atoms with Gasteiger partial charge in [-0.05, 0) is 58.0 Å². The molecule has 0 aliphatic carbocycles. The van der Waals surface area contributed by atoms with Gasteiger partial charge in [-0.25, -0.2) is 0 Å². The van der Waals surface area contributed by atoms with Gasteiger partial charge < -0.3 is 19.1 Å². The maximum Gasteiger partial charge on any atom is 0.159 e. The van der Waals surface area contributed by atoms with Crippen LogP contribution < -0.4 is 10.2 Å². The van der Waals surface area contributed by atoms with Gasteiger partial charge in [0, 0.05) is 52.5 Å². The Morgan fingerprint density at radius 1 is 0.659 bits per heavy atom. The van der Waals surface area contributed by atoms with Crippen molar-refractivity contribution in [2.24, 2.45) is 0 Å². The maximum atomic E-state index is 6.57. The summed E-state index contributed by atoms with van der Waals surface area (Å²) in [5.74, 6) is 0.892. The minimum Gasteiger partial charge on any atom is -0.454 e. The summed E-state index contributed by atoms with van der Waals surface area (Å²) >= 11 is 0. The van der Waals surface area contributed by atoms with Gasteiger partial charge in [-0.15, -0.1) is 0 Å². The Bertz CT molecular complexity index is 2340. The maximum absolute atomic E-state index is 6.57. The van der Waals surface area contributed by atoms with Crippen LogP contribution in [0.4, 0.5) is 17.1 Å². The number of nitrogens with one attached hydrogen (secondary N) is 1. The van der Waals surface area contributed by atoms with Crippen LogP contribution in [0.5, 0.6) is 0 Å². The number of hydrogen-bond acceptors (Lipinski definition) is 5. The quantitative estimate of drug-likeness (QED) is 0.231. The number of para-hydroxylation sites is 2. The lowest BCUT2D eigenvalue weighted by atomic mass is 10.0. The van der Waals surface area contributed by atoms with E-state index in [0.717, 1.165) is 62.3 Å². The topological polar surface area (TPSA) is 54.4 Å². The Labute approximate surface area is 234 Å². The summed E-state index contributed by atoms with van der Waals surface area (Å²) in [4.78, 5) is 6.64. The van der Waals surface area contributed by atoms with Crippen LogP contribution in [-0.4, -0.2) is 4.98 Å². The highest BCUT2D eigenvalue weighted by atomic mass is 16.3. The zero-order valence-electron chi connectivity index (χ0n) is 22.0. The lowest BCUT2D eigenvalue weighted by molar-refractivity contribution is 0.592. The van der Waals surface area contributed by atoms with Crippen molar-refractivity contribution in [1.29, 1.82) is 0 Å². The summed E-state index contributed by atoms with van der Waals surface area (Å²) in [5.41, 5.74) is 6.55. The van der Waals surface area contributed by atoms with Gasteiger partial charge in [0.1, 0.15) is 11.3 Å². The van der Waals surface area contributed by atoms with Crippen molar-refractivity contribution in [2.75, 3.05) is 4.90 Å². The van der Waals surface area contributed by atoms with E-state index in [4.69, 9.17) is 8.83 Å². The van der Waals surface area contributed by atoms with E-state index < -0.39 is 0 Å². The van der Waals surface area contributed by atoms with Gasteiger partial charge in [0.15, 0.2) is 11.2 Å². The monoisotopic (exact) mass is 529 g/mol. The molecule has 0 radical (unpaired) electrons. The molecule has 0 amide bonds. The Morgan fingerprint density at radius 2 is 1.41 bits per heavy atom. The highest BCUT2D eigenvalue weighted by molar-refractivity contribution is 6.13. The number of pyridine rings is 1. The molecule has 5 aromatic carbocycles. The van der Waals surface area contributed by atoms with E-state index in [1.54, 1.807) is 6.20 Å². The molecule has 0 bridgehead atoms. The normalized spacial score (nSPS) is 12.9. The van der Waals surface area contributed by atoms with Crippen LogP contribution in [0.25, 0.3) is 60.5 Å². The molecule has 3 aromatic heterocycles. The second kappa shape index (κ2) is 8.47. The van der Waals surface area contributed by atoms with Gasteiger partial charge in [-0.3, -0.25) is 4.98 Å². The van der Waals surface area contributed by atoms with E-state index in [2.05, 4.69) is 106 Å². The van der Waals surface area contributed by atoms with Crippen LogP contribution in [-0.2, 0) is 6.54 Å². The number of benzene rings is 5. The summed E-state index contributed by atoms with van der Waals surface area (Å²) in [6.07, 6.45) is 7.59. The SMILES string of the molecule is C1=Cc2oc3c(N(c4ccc5ccc6ccccc6c5c4)c4cccc5c4oc4ccncc45)cccc3c2CN1. The lowest BCUT2D eigenvalue weighted by Gasteiger charge is -2.26. The van der Waals surface area contributed by atoms with Crippen molar-refractivity contribution in [1.82, 2.24) is 10.3 Å². The average Bonchev–Trinajstić information content (AvgIpc) is 3.61. The first-order valence-electron chi connectivity index (χ1n) is 13.7. The van der Waals surface area contributed by atoms with E-state index in [0.29, 0.717) is 0 Å². The van der Waals surface area contributed by atoms with Crippen molar-refractivity contribution in [2.45, 2.75) is 6.54 Å². The number of fused-ring (bicyclic) bond motifs is 9. The number of rotatable bonds is 3. The van der Waals surface area contributed by atoms with Crippen molar-refractivity contribution < 1.29 is 8.83 Å². The first kappa shape index (κ1) is 22.3. The van der Waals surface area contributed by atoms with E-state index >= 15 is 0 Å². The van der Waals surface area contributed by atoms with Crippen molar-refractivity contribution in [3.8, 4) is 0 Å². The van der Waals surface area contributed by atoms with Gasteiger partial charge in [0.25, 0.3) is 0 Å². The Morgan fingerprint density at radius 3 is 2.32 bits per heavy atom. The third-order valence-electron chi connectivity index (χ3n) is 8.21. The predicted molar refractivity (Wildman–Crippen MR) is 167 cm³/mol. The van der Waals surface area contributed by atoms with Crippen LogP contribution in [0.1, 0.15) is 11.3 Å². The Kier molecular flexibility index (Phi) is 4.61. The van der Waals surface area contributed by atoms with Gasteiger partial charge in [-0.2, -0.15) is 0 Å². The fourth-order valence-electron chi connectivity index (χ4n) is 6.30. The summed E-state index contributed by atoms with van der Waals surface area (Å²) in [6.45, 7) is 0.733. The molecule has 0 atom stereocenters. The summed E-state index contributed by atoms with van der Waals surface area (Å²) < 4.78 is 13.1. The molecule has 4 heterocycles. The second-order valence-corrected chi connectivity index (χ2v) is 10.5. The molecule has 0 spiro atoms. The minimum absolute atomic E-state index is 0.733. The summed E-state index contributed by atoms with van der Waals surface area (Å²) in [7, 11) is 0. The Hall–Kier alpha value is -5.55. The molecule has 5 nitrogen and oxygen atoms in total. The molecule has 1 aliphatic heterocycles. The molecule has 0 unspecified atom stereocenters. The van der Waals surface area contributed by atoms with E-state index in [-0.39, 0.29) is 0 Å². The molecular weight excluding hydrogens is 506 g/mol. The third-order valence-corrected chi connectivity index (χ3v) is 8.21. The van der Waals surface area contributed by atoms with E-state index in [1.807, 2.05) is 24.5 Å². The second-order valence-electron chi connectivity index (χ2n) is 10.5. The zero-order valence-corrected chi connectivity index (χ0v) is 22.0. The summed E-state index contributed by atoms with van der Waals surface area (Å²) in [6, 6.07) is 34.2. The zero-order chi connectivity index (χ0) is 26.9. The molecule has 8 aromatic rings. The fourth-order valence-corrected chi connectivity index (χ4v) is 6.30. The van der Waals surface area contributed by atoms with Crippen LogP contribution >= 0.6 is 0 Å². The minimum atomic E-state index is 0.733. The molecule has 0 saturated carbocycles. The first-order valence-corrected chi connectivity index (χ1v) is 13.7. The summed E-state index contributed by atoms with van der Waals surface area (Å²) in [5, 5.41) is 11.3. The lowest BCUT2D eigenvalue weighted by Crippen LogP contribution is -2.11. The largest absolute Gasteiger partial charge is 0.454 e. The van der Waals surface area contributed by atoms with Gasteiger partial charge in [0.2, 0.25) is 0 Å². The van der Waals surface area contributed by atoms with Crippen LogP contribution in [0, 0.1) is 0 Å².